The van der Waals surface area contributed by atoms with E-state index in [0.717, 1.165) is 45.5 Å². The number of likely N-dealkylation sites (N-methyl/N-ethyl adjacent to an activating group) is 1. The fourth-order valence-electron chi connectivity index (χ4n) is 3.99. The molecule has 23 heavy (non-hydrogen) atoms. The third-order valence-corrected chi connectivity index (χ3v) is 6.35. The van der Waals surface area contributed by atoms with Crippen LogP contribution in [0.4, 0.5) is 0 Å². The molecule has 1 spiro atoms. The van der Waals surface area contributed by atoms with Crippen molar-refractivity contribution in [1.29, 1.82) is 0 Å². The lowest BCUT2D eigenvalue weighted by atomic mass is 9.82. The van der Waals surface area contributed by atoms with E-state index in [1.54, 1.807) is 0 Å². The first-order valence-corrected chi connectivity index (χ1v) is 9.36. The fourth-order valence-corrected chi connectivity index (χ4v) is 4.94. The molecule has 1 aromatic heterocycles. The number of carbonyl (C=O) groups excluding carboxylic acids is 1. The van der Waals surface area contributed by atoms with Crippen LogP contribution in [0.3, 0.4) is 0 Å². The van der Waals surface area contributed by atoms with Crippen LogP contribution in [0.1, 0.15) is 23.3 Å². The van der Waals surface area contributed by atoms with E-state index in [4.69, 9.17) is 9.47 Å². The van der Waals surface area contributed by atoms with E-state index in [2.05, 4.69) is 16.3 Å². The molecule has 3 aliphatic rings. The zero-order valence-electron chi connectivity index (χ0n) is 13.6. The van der Waals surface area contributed by atoms with E-state index in [0.29, 0.717) is 13.2 Å². The van der Waals surface area contributed by atoms with Crippen molar-refractivity contribution in [1.82, 2.24) is 9.80 Å². The molecule has 0 N–H and O–H groups in total. The topological polar surface area (TPSA) is 42.0 Å². The monoisotopic (exact) mass is 336 g/mol. The van der Waals surface area contributed by atoms with E-state index in [1.807, 2.05) is 23.3 Å². The minimum atomic E-state index is -0.299. The maximum absolute atomic E-state index is 12.7. The second-order valence-corrected chi connectivity index (χ2v) is 7.80. The first-order valence-electron chi connectivity index (χ1n) is 8.48. The molecule has 126 valence electrons. The predicted octanol–water partition coefficient (Wildman–Crippen LogP) is 1.47. The average molecular weight is 336 g/mol. The van der Waals surface area contributed by atoms with Crippen LogP contribution in [0.25, 0.3) is 0 Å². The maximum Gasteiger partial charge on any atom is 0.253 e. The second-order valence-electron chi connectivity index (χ2n) is 6.80. The lowest BCUT2D eigenvalue weighted by molar-refractivity contribution is -0.156. The maximum atomic E-state index is 12.7. The summed E-state index contributed by atoms with van der Waals surface area (Å²) in [5, 5.41) is 2.17. The van der Waals surface area contributed by atoms with Crippen LogP contribution in [0.5, 0.6) is 0 Å². The Labute approximate surface area is 141 Å². The Morgan fingerprint density at radius 1 is 1.30 bits per heavy atom. The number of piperidine rings is 1. The Balaban J connectivity index is 1.43. The number of thiophene rings is 1. The van der Waals surface area contributed by atoms with Gasteiger partial charge in [0.05, 0.1) is 18.8 Å². The van der Waals surface area contributed by atoms with Gasteiger partial charge in [0.15, 0.2) is 0 Å². The zero-order chi connectivity index (χ0) is 15.9. The first-order chi connectivity index (χ1) is 11.2. The third-order valence-electron chi connectivity index (χ3n) is 5.37. The highest BCUT2D eigenvalue weighted by Crippen LogP contribution is 2.43. The molecule has 4 rings (SSSR count). The number of rotatable bonds is 1. The van der Waals surface area contributed by atoms with E-state index in [9.17, 15) is 4.79 Å². The van der Waals surface area contributed by atoms with Crippen LogP contribution in [-0.2, 0) is 26.3 Å². The predicted molar refractivity (Wildman–Crippen MR) is 88.7 cm³/mol. The molecule has 0 aliphatic carbocycles. The molecule has 4 heterocycles. The summed E-state index contributed by atoms with van der Waals surface area (Å²) in [6.45, 7) is 4.58. The zero-order valence-corrected chi connectivity index (χ0v) is 14.4. The lowest BCUT2D eigenvalue weighted by Crippen LogP contribution is -2.54. The largest absolute Gasteiger partial charge is 0.370 e. The Hall–Kier alpha value is -0.950. The van der Waals surface area contributed by atoms with Crippen molar-refractivity contribution in [3.8, 4) is 0 Å². The van der Waals surface area contributed by atoms with Gasteiger partial charge in [0, 0.05) is 37.5 Å². The van der Waals surface area contributed by atoms with Crippen LogP contribution in [0.2, 0.25) is 0 Å². The highest BCUT2D eigenvalue weighted by atomic mass is 32.1. The summed E-state index contributed by atoms with van der Waals surface area (Å²) >= 11 is 1.84. The Morgan fingerprint density at radius 2 is 2.13 bits per heavy atom. The molecule has 1 amide bonds. The summed E-state index contributed by atoms with van der Waals surface area (Å²) in [6, 6.07) is 2.22. The smallest absolute Gasteiger partial charge is 0.253 e. The number of ether oxygens (including phenoxy) is 2. The lowest BCUT2D eigenvalue weighted by Gasteiger charge is -2.45. The van der Waals surface area contributed by atoms with Gasteiger partial charge < -0.3 is 19.3 Å². The molecular weight excluding hydrogens is 312 g/mol. The molecule has 1 unspecified atom stereocenters. The molecule has 2 saturated heterocycles. The minimum absolute atomic E-state index is 0.146. The third kappa shape index (κ3) is 2.82. The molecule has 5 nitrogen and oxygen atoms in total. The molecule has 2 fully saturated rings. The summed E-state index contributed by atoms with van der Waals surface area (Å²) in [5.74, 6) is 0.146. The number of hydrogen-bond acceptors (Lipinski definition) is 5. The van der Waals surface area contributed by atoms with Crippen LogP contribution in [0, 0.1) is 0 Å². The summed E-state index contributed by atoms with van der Waals surface area (Å²) in [5.41, 5.74) is 1.21. The van der Waals surface area contributed by atoms with Gasteiger partial charge in [-0.25, -0.2) is 0 Å². The molecule has 0 aromatic carbocycles. The fraction of sp³-hybridized carbons (Fsp3) is 0.706. The minimum Gasteiger partial charge on any atom is -0.370 e. The number of nitrogens with zero attached hydrogens (tertiary/aromatic N) is 2. The van der Waals surface area contributed by atoms with E-state index in [-0.39, 0.29) is 17.6 Å². The highest BCUT2D eigenvalue weighted by molar-refractivity contribution is 7.10. The molecule has 1 aromatic rings. The van der Waals surface area contributed by atoms with Gasteiger partial charge in [0.1, 0.15) is 6.10 Å². The normalized spacial score (nSPS) is 27.9. The van der Waals surface area contributed by atoms with Gasteiger partial charge in [-0.1, -0.05) is 0 Å². The quantitative estimate of drug-likeness (QED) is 0.779. The van der Waals surface area contributed by atoms with Crippen LogP contribution in [0.15, 0.2) is 11.4 Å². The molecule has 0 saturated carbocycles. The first kappa shape index (κ1) is 15.6. The Bertz CT molecular complexity index is 580. The summed E-state index contributed by atoms with van der Waals surface area (Å²) in [4.78, 5) is 18.3. The van der Waals surface area contributed by atoms with Crippen molar-refractivity contribution in [2.45, 2.75) is 31.0 Å². The number of likely N-dealkylation sites (tertiary alicyclic amines) is 1. The SMILES string of the molecule is CN1CCOC(C(=O)N2CCC3(CC2)OCCc2sccc23)C1. The van der Waals surface area contributed by atoms with Crippen LogP contribution < -0.4 is 0 Å². The number of amides is 1. The number of morpholine rings is 1. The van der Waals surface area contributed by atoms with Gasteiger partial charge in [0.25, 0.3) is 5.91 Å². The van der Waals surface area contributed by atoms with Gasteiger partial charge in [-0.3, -0.25) is 4.79 Å². The molecule has 0 bridgehead atoms. The highest BCUT2D eigenvalue weighted by Gasteiger charge is 2.43. The summed E-state index contributed by atoms with van der Waals surface area (Å²) in [6.07, 6.45) is 2.52. The summed E-state index contributed by atoms with van der Waals surface area (Å²) in [7, 11) is 2.04. The number of carbonyl (C=O) groups is 1. The average Bonchev–Trinajstić information content (AvgIpc) is 3.05. The molecule has 0 radical (unpaired) electrons. The standard InChI is InChI=1S/C17H24N2O3S/c1-18-8-10-21-14(12-18)16(20)19-6-4-17(5-7-19)13-3-11-23-15(13)2-9-22-17/h3,11,14H,2,4-10,12H2,1H3. The van der Waals surface area contributed by atoms with Crippen LogP contribution in [-0.4, -0.2) is 68.3 Å². The Kier molecular flexibility index (Phi) is 4.17. The van der Waals surface area contributed by atoms with Crippen molar-refractivity contribution in [2.75, 3.05) is 46.4 Å². The summed E-state index contributed by atoms with van der Waals surface area (Å²) < 4.78 is 11.9. The molecular formula is C17H24N2O3S. The van der Waals surface area contributed by atoms with Crippen molar-refractivity contribution in [2.24, 2.45) is 0 Å². The number of hydrogen-bond donors (Lipinski definition) is 0. The van der Waals surface area contributed by atoms with Gasteiger partial charge in [0.2, 0.25) is 0 Å². The van der Waals surface area contributed by atoms with Gasteiger partial charge >= 0.3 is 0 Å². The second kappa shape index (κ2) is 6.16. The van der Waals surface area contributed by atoms with E-state index < -0.39 is 0 Å². The molecule has 3 aliphatic heterocycles. The van der Waals surface area contributed by atoms with Crippen molar-refractivity contribution >= 4 is 17.2 Å². The van der Waals surface area contributed by atoms with Crippen molar-refractivity contribution in [3.63, 3.8) is 0 Å². The van der Waals surface area contributed by atoms with Gasteiger partial charge in [-0.05, 0) is 36.9 Å². The van der Waals surface area contributed by atoms with Crippen molar-refractivity contribution < 1.29 is 14.3 Å². The Morgan fingerprint density at radius 3 is 2.91 bits per heavy atom. The van der Waals surface area contributed by atoms with Crippen molar-refractivity contribution in [3.05, 3.63) is 21.9 Å². The molecule has 6 heteroatoms. The van der Waals surface area contributed by atoms with Crippen LogP contribution >= 0.6 is 11.3 Å². The van der Waals surface area contributed by atoms with Gasteiger partial charge in [-0.15, -0.1) is 11.3 Å². The van der Waals surface area contributed by atoms with E-state index >= 15 is 0 Å². The van der Waals surface area contributed by atoms with E-state index in [1.165, 1.54) is 10.4 Å². The molecule has 1 atom stereocenters. The van der Waals surface area contributed by atoms with Gasteiger partial charge in [-0.2, -0.15) is 0 Å². The number of fused-ring (bicyclic) bond motifs is 2.